The first-order valence-corrected chi connectivity index (χ1v) is 8.35. The quantitative estimate of drug-likeness (QED) is 0.453. The number of esters is 1. The number of rotatable bonds is 3. The van der Waals surface area contributed by atoms with Gasteiger partial charge in [0.05, 0.1) is 28.7 Å². The van der Waals surface area contributed by atoms with E-state index in [9.17, 15) is 9.18 Å². The molecule has 24 heavy (non-hydrogen) atoms. The highest BCUT2D eigenvalue weighted by atomic mass is 79.9. The van der Waals surface area contributed by atoms with Crippen LogP contribution in [-0.4, -0.2) is 18.1 Å². The number of carbonyl (C=O) groups excluding carboxylic acids is 1. The number of hydrogen-bond donors (Lipinski definition) is 0. The number of halogens is 2. The second kappa shape index (κ2) is 6.69. The Morgan fingerprint density at radius 3 is 2.54 bits per heavy atom. The Bertz CT molecular complexity index is 910. The van der Waals surface area contributed by atoms with Crippen LogP contribution in [0.15, 0.2) is 48.5 Å². The minimum atomic E-state index is -0.513. The molecule has 2 aromatic carbocycles. The highest BCUT2D eigenvalue weighted by Gasteiger charge is 2.24. The van der Waals surface area contributed by atoms with Crippen LogP contribution in [0.4, 0.5) is 4.39 Å². The van der Waals surface area contributed by atoms with Crippen LogP contribution >= 0.6 is 15.9 Å². The van der Waals surface area contributed by atoms with Crippen LogP contribution in [0, 0.1) is 5.82 Å². The van der Waals surface area contributed by atoms with Crippen LogP contribution in [0.2, 0.25) is 0 Å². The van der Waals surface area contributed by atoms with E-state index in [1.807, 2.05) is 37.3 Å². The SMILES string of the molecule is COC(=O)c1c(-c2ccccc2)c(C(C)Br)nc2ccc(F)cc12. The maximum absolute atomic E-state index is 13.8. The Hall–Kier alpha value is -2.27. The molecule has 0 amide bonds. The van der Waals surface area contributed by atoms with Gasteiger partial charge in [0, 0.05) is 10.9 Å². The van der Waals surface area contributed by atoms with Crippen molar-refractivity contribution in [1.29, 1.82) is 0 Å². The molecule has 1 heterocycles. The minimum Gasteiger partial charge on any atom is -0.465 e. The zero-order valence-electron chi connectivity index (χ0n) is 13.2. The van der Waals surface area contributed by atoms with Crippen molar-refractivity contribution in [1.82, 2.24) is 4.98 Å². The minimum absolute atomic E-state index is 0.0921. The van der Waals surface area contributed by atoms with Crippen molar-refractivity contribution < 1.29 is 13.9 Å². The predicted molar refractivity (Wildman–Crippen MR) is 95.8 cm³/mol. The predicted octanol–water partition coefficient (Wildman–Crippen LogP) is 5.28. The van der Waals surface area contributed by atoms with Crippen molar-refractivity contribution in [3.8, 4) is 11.1 Å². The lowest BCUT2D eigenvalue weighted by atomic mass is 9.93. The number of carbonyl (C=O) groups is 1. The summed E-state index contributed by atoms with van der Waals surface area (Å²) in [6, 6.07) is 13.7. The van der Waals surface area contributed by atoms with E-state index in [1.165, 1.54) is 19.2 Å². The average Bonchev–Trinajstić information content (AvgIpc) is 2.60. The summed E-state index contributed by atoms with van der Waals surface area (Å²) in [5.74, 6) is -0.936. The third-order valence-corrected chi connectivity index (χ3v) is 4.24. The molecule has 0 fully saturated rings. The largest absolute Gasteiger partial charge is 0.465 e. The first-order valence-electron chi connectivity index (χ1n) is 7.44. The number of pyridine rings is 1. The average molecular weight is 388 g/mol. The van der Waals surface area contributed by atoms with Gasteiger partial charge in [-0.05, 0) is 30.7 Å². The lowest BCUT2D eigenvalue weighted by Gasteiger charge is -2.17. The van der Waals surface area contributed by atoms with E-state index in [2.05, 4.69) is 20.9 Å². The van der Waals surface area contributed by atoms with Crippen LogP contribution in [0.5, 0.6) is 0 Å². The molecule has 0 spiro atoms. The zero-order valence-corrected chi connectivity index (χ0v) is 14.8. The Morgan fingerprint density at radius 1 is 1.21 bits per heavy atom. The molecular formula is C19H15BrFNO2. The van der Waals surface area contributed by atoms with E-state index in [1.54, 1.807) is 6.07 Å². The van der Waals surface area contributed by atoms with Gasteiger partial charge in [-0.1, -0.05) is 46.3 Å². The molecule has 0 bridgehead atoms. The van der Waals surface area contributed by atoms with Gasteiger partial charge < -0.3 is 4.74 Å². The normalized spacial score (nSPS) is 12.2. The maximum Gasteiger partial charge on any atom is 0.339 e. The topological polar surface area (TPSA) is 39.2 Å². The van der Waals surface area contributed by atoms with Crippen molar-refractivity contribution in [3.05, 3.63) is 65.6 Å². The highest BCUT2D eigenvalue weighted by Crippen LogP contribution is 2.38. The molecule has 3 nitrogen and oxygen atoms in total. The fourth-order valence-electron chi connectivity index (χ4n) is 2.75. The number of aromatic nitrogens is 1. The van der Waals surface area contributed by atoms with E-state index in [0.29, 0.717) is 27.7 Å². The number of ether oxygens (including phenoxy) is 1. The van der Waals surface area contributed by atoms with Crippen molar-refractivity contribution in [2.24, 2.45) is 0 Å². The lowest BCUT2D eigenvalue weighted by molar-refractivity contribution is 0.0603. The van der Waals surface area contributed by atoms with E-state index < -0.39 is 11.8 Å². The molecule has 3 aromatic rings. The van der Waals surface area contributed by atoms with Gasteiger partial charge in [-0.15, -0.1) is 0 Å². The van der Waals surface area contributed by atoms with Gasteiger partial charge in [0.1, 0.15) is 5.82 Å². The van der Waals surface area contributed by atoms with Crippen molar-refractivity contribution in [2.75, 3.05) is 7.11 Å². The van der Waals surface area contributed by atoms with Crippen LogP contribution in [0.3, 0.4) is 0 Å². The monoisotopic (exact) mass is 387 g/mol. The second-order valence-electron chi connectivity index (χ2n) is 5.38. The Kier molecular flexibility index (Phi) is 4.62. The van der Waals surface area contributed by atoms with Crippen molar-refractivity contribution in [2.45, 2.75) is 11.8 Å². The summed E-state index contributed by atoms with van der Waals surface area (Å²) in [6.45, 7) is 1.94. The molecule has 3 rings (SSSR count). The summed E-state index contributed by atoms with van der Waals surface area (Å²) in [5, 5.41) is 0.442. The Balaban J connectivity index is 2.50. The maximum atomic E-state index is 13.8. The fraction of sp³-hybridized carbons (Fsp3) is 0.158. The van der Waals surface area contributed by atoms with Crippen LogP contribution in [0.1, 0.15) is 27.8 Å². The fourth-order valence-corrected chi connectivity index (χ4v) is 3.08. The van der Waals surface area contributed by atoms with Gasteiger partial charge in [0.15, 0.2) is 0 Å². The van der Waals surface area contributed by atoms with E-state index in [4.69, 9.17) is 4.74 Å². The summed E-state index contributed by atoms with van der Waals surface area (Å²) >= 11 is 3.55. The molecule has 1 atom stereocenters. The molecule has 0 radical (unpaired) electrons. The summed E-state index contributed by atoms with van der Waals surface area (Å²) in [6.07, 6.45) is 0. The summed E-state index contributed by atoms with van der Waals surface area (Å²) in [7, 11) is 1.32. The van der Waals surface area contributed by atoms with Crippen LogP contribution < -0.4 is 0 Å². The van der Waals surface area contributed by atoms with Crippen LogP contribution in [-0.2, 0) is 4.74 Å². The highest BCUT2D eigenvalue weighted by molar-refractivity contribution is 9.09. The molecular weight excluding hydrogens is 373 g/mol. The van der Waals surface area contributed by atoms with E-state index >= 15 is 0 Å². The third kappa shape index (κ3) is 2.91. The summed E-state index contributed by atoms with van der Waals surface area (Å²) < 4.78 is 18.8. The zero-order chi connectivity index (χ0) is 17.3. The molecule has 0 saturated heterocycles. The Morgan fingerprint density at radius 2 is 1.92 bits per heavy atom. The molecule has 1 aromatic heterocycles. The molecule has 1 unspecified atom stereocenters. The number of alkyl halides is 1. The number of methoxy groups -OCH3 is 1. The van der Waals surface area contributed by atoms with Gasteiger partial charge in [0.25, 0.3) is 0 Å². The van der Waals surface area contributed by atoms with Crippen molar-refractivity contribution in [3.63, 3.8) is 0 Å². The van der Waals surface area contributed by atoms with Crippen molar-refractivity contribution >= 4 is 32.8 Å². The smallest absolute Gasteiger partial charge is 0.339 e. The van der Waals surface area contributed by atoms with Gasteiger partial charge in [-0.25, -0.2) is 9.18 Å². The van der Waals surface area contributed by atoms with Gasteiger partial charge >= 0.3 is 5.97 Å². The van der Waals surface area contributed by atoms with Gasteiger partial charge in [-0.3, -0.25) is 4.98 Å². The number of nitrogens with zero attached hydrogens (tertiary/aromatic N) is 1. The summed E-state index contributed by atoms with van der Waals surface area (Å²) in [4.78, 5) is 17.1. The molecule has 0 aliphatic heterocycles. The van der Waals surface area contributed by atoms with E-state index in [0.717, 1.165) is 5.56 Å². The van der Waals surface area contributed by atoms with Gasteiger partial charge in [-0.2, -0.15) is 0 Å². The first kappa shape index (κ1) is 16.6. The molecule has 0 aliphatic rings. The Labute approximate surface area is 147 Å². The van der Waals surface area contributed by atoms with Crippen LogP contribution in [0.25, 0.3) is 22.0 Å². The second-order valence-corrected chi connectivity index (χ2v) is 6.76. The molecule has 5 heteroatoms. The molecule has 122 valence electrons. The van der Waals surface area contributed by atoms with E-state index in [-0.39, 0.29) is 4.83 Å². The lowest BCUT2D eigenvalue weighted by Crippen LogP contribution is -2.09. The number of benzene rings is 2. The molecule has 0 N–H and O–H groups in total. The standard InChI is InChI=1S/C19H15BrFNO2/c1-11(20)18-16(12-6-4-3-5-7-12)17(19(23)24-2)14-10-13(21)8-9-15(14)22-18/h3-11H,1-2H3. The number of hydrogen-bond acceptors (Lipinski definition) is 3. The first-order chi connectivity index (χ1) is 11.5. The number of fused-ring (bicyclic) bond motifs is 1. The summed E-state index contributed by atoms with van der Waals surface area (Å²) in [5.41, 5.74) is 3.08. The molecule has 0 saturated carbocycles. The van der Waals surface area contributed by atoms with Gasteiger partial charge in [0.2, 0.25) is 0 Å². The molecule has 0 aliphatic carbocycles. The third-order valence-electron chi connectivity index (χ3n) is 3.80.